The minimum absolute atomic E-state index is 0.387. The van der Waals surface area contributed by atoms with Gasteiger partial charge in [0.2, 0.25) is 0 Å². The van der Waals surface area contributed by atoms with Crippen molar-refractivity contribution in [2.75, 3.05) is 0 Å². The first-order valence-corrected chi connectivity index (χ1v) is 22.5. The number of hydrogen-bond acceptors (Lipinski definition) is 2. The molecule has 0 saturated heterocycles. The lowest BCUT2D eigenvalue weighted by Gasteiger charge is -2.25. The van der Waals surface area contributed by atoms with Gasteiger partial charge in [-0.2, -0.15) is 0 Å². The Morgan fingerprint density at radius 1 is 0.525 bits per heavy atom. The number of allylic oxidation sites excluding steroid dienone is 1. The summed E-state index contributed by atoms with van der Waals surface area (Å²) in [6, 6.07) is 62.0. The van der Waals surface area contributed by atoms with Gasteiger partial charge in [0.15, 0.2) is 0 Å². The van der Waals surface area contributed by atoms with Crippen LogP contribution in [0.25, 0.3) is 93.2 Å². The van der Waals surface area contributed by atoms with Gasteiger partial charge in [-0.25, -0.2) is 0 Å². The highest BCUT2D eigenvalue weighted by Gasteiger charge is 2.36. The van der Waals surface area contributed by atoms with Crippen LogP contribution in [-0.4, -0.2) is 5.25 Å². The van der Waals surface area contributed by atoms with Crippen molar-refractivity contribution in [2.24, 2.45) is 0 Å². The minimum Gasteiger partial charge on any atom is -0.135 e. The number of benzene rings is 9. The maximum absolute atomic E-state index is 2.55. The zero-order chi connectivity index (χ0) is 38.8. The number of thiophene rings is 1. The van der Waals surface area contributed by atoms with Gasteiger partial charge in [0, 0.05) is 31.0 Å². The van der Waals surface area contributed by atoms with Gasteiger partial charge in [-0.15, -0.1) is 23.1 Å². The number of rotatable bonds is 3. The van der Waals surface area contributed by atoms with Crippen molar-refractivity contribution in [1.29, 1.82) is 0 Å². The van der Waals surface area contributed by atoms with E-state index in [9.17, 15) is 0 Å². The molecule has 3 atom stereocenters. The van der Waals surface area contributed by atoms with Crippen LogP contribution in [0.1, 0.15) is 57.9 Å². The van der Waals surface area contributed by atoms with Gasteiger partial charge in [-0.3, -0.25) is 0 Å². The van der Waals surface area contributed by atoms with Gasteiger partial charge in [-0.05, 0) is 141 Å². The molecule has 0 N–H and O–H groups in total. The average Bonchev–Trinajstić information content (AvgIpc) is 3.87. The summed E-state index contributed by atoms with van der Waals surface area (Å²) in [6.45, 7) is 2.45. The van der Waals surface area contributed by atoms with Gasteiger partial charge >= 0.3 is 0 Å². The topological polar surface area (TPSA) is 0 Å². The number of hydrogen-bond donors (Lipinski definition) is 0. The molecule has 2 aliphatic carbocycles. The smallest absolute Gasteiger partial charge is 0.0387 e. The zero-order valence-electron chi connectivity index (χ0n) is 32.6. The van der Waals surface area contributed by atoms with E-state index < -0.39 is 0 Å². The van der Waals surface area contributed by atoms with E-state index in [0.29, 0.717) is 17.1 Å². The summed E-state index contributed by atoms with van der Waals surface area (Å²) in [5, 5.41) is 12.4. The monoisotopic (exact) mass is 786 g/mol. The molecule has 9 aromatic carbocycles. The molecule has 278 valence electrons. The third kappa shape index (κ3) is 5.10. The van der Waals surface area contributed by atoms with Crippen molar-refractivity contribution in [3.05, 3.63) is 203 Å². The van der Waals surface area contributed by atoms with Crippen molar-refractivity contribution in [2.45, 2.75) is 35.3 Å². The van der Waals surface area contributed by atoms with Gasteiger partial charge in [0.05, 0.1) is 0 Å². The van der Waals surface area contributed by atoms with E-state index in [0.717, 1.165) is 6.42 Å². The Kier molecular flexibility index (Phi) is 7.38. The molecule has 2 heterocycles. The van der Waals surface area contributed by atoms with E-state index in [1.807, 2.05) is 23.1 Å². The second-order valence-corrected chi connectivity index (χ2v) is 19.0. The number of fused-ring (bicyclic) bond motifs is 13. The van der Waals surface area contributed by atoms with Crippen LogP contribution in [0.2, 0.25) is 0 Å². The standard InChI is InChI=1S/C57H38S2/c1-33-28-41(32-52-53(33)57-43-15-7-5-12-36(43)23-27-50(57)59-52)55-45-17-9-8-16-44(45)54(48-30-39(20-24-46(48)55)38-19-18-34-10-2-3-13-37(34)29-38)40-21-25-47-51(31-40)58-49-26-22-35-11-4-6-14-42(35)56(47)49/h2-27,29-33,49,56H,28H2,1H3. The lowest BCUT2D eigenvalue weighted by Crippen LogP contribution is -2.13. The van der Waals surface area contributed by atoms with Crippen molar-refractivity contribution in [1.82, 2.24) is 0 Å². The Labute approximate surface area is 352 Å². The maximum atomic E-state index is 2.55. The molecular weight excluding hydrogens is 749 g/mol. The van der Waals surface area contributed by atoms with Crippen molar-refractivity contribution < 1.29 is 0 Å². The first-order chi connectivity index (χ1) is 29.1. The van der Waals surface area contributed by atoms with E-state index in [1.54, 1.807) is 0 Å². The van der Waals surface area contributed by atoms with E-state index in [1.165, 1.54) is 119 Å². The SMILES string of the molecule is CC1CC(c2c3ccccc3c(-c3ccc4c(c3)SC3C=Cc5ccccc5C43)c3cc(-c4ccc5ccccc5c4)ccc23)=Cc2sc3ccc4ccccc4c3c21. The first kappa shape index (κ1) is 33.7. The van der Waals surface area contributed by atoms with Gasteiger partial charge < -0.3 is 0 Å². The average molecular weight is 787 g/mol. The Bertz CT molecular complexity index is 3490. The van der Waals surface area contributed by atoms with E-state index in [2.05, 4.69) is 189 Å². The number of thioether (sulfide) groups is 1. The Balaban J connectivity index is 1.06. The second-order valence-electron chi connectivity index (χ2n) is 16.7. The van der Waals surface area contributed by atoms with Crippen LogP contribution < -0.4 is 0 Å². The van der Waals surface area contributed by atoms with Crippen molar-refractivity contribution in [3.8, 4) is 22.3 Å². The molecule has 0 nitrogen and oxygen atoms in total. The van der Waals surface area contributed by atoms with Gasteiger partial charge in [0.25, 0.3) is 0 Å². The molecule has 0 saturated carbocycles. The predicted octanol–water partition coefficient (Wildman–Crippen LogP) is 16.5. The fourth-order valence-electron chi connectivity index (χ4n) is 10.8. The van der Waals surface area contributed by atoms with Crippen LogP contribution in [0.3, 0.4) is 0 Å². The fourth-order valence-corrected chi connectivity index (χ4v) is 13.5. The summed E-state index contributed by atoms with van der Waals surface area (Å²) in [4.78, 5) is 2.81. The maximum Gasteiger partial charge on any atom is 0.0387 e. The van der Waals surface area contributed by atoms with Crippen molar-refractivity contribution >= 4 is 94.0 Å². The van der Waals surface area contributed by atoms with Crippen LogP contribution in [0.15, 0.2) is 175 Å². The van der Waals surface area contributed by atoms with Gasteiger partial charge in [0.1, 0.15) is 0 Å². The van der Waals surface area contributed by atoms with Crippen LogP contribution in [0, 0.1) is 0 Å². The Morgan fingerprint density at radius 3 is 2.12 bits per heavy atom. The lowest BCUT2D eigenvalue weighted by molar-refractivity contribution is 0.796. The molecule has 0 amide bonds. The summed E-state index contributed by atoms with van der Waals surface area (Å²) >= 11 is 3.99. The zero-order valence-corrected chi connectivity index (χ0v) is 34.2. The van der Waals surface area contributed by atoms with Crippen LogP contribution >= 0.6 is 23.1 Å². The molecule has 0 fully saturated rings. The predicted molar refractivity (Wildman–Crippen MR) is 257 cm³/mol. The summed E-state index contributed by atoms with van der Waals surface area (Å²) < 4.78 is 1.39. The molecule has 10 aromatic rings. The van der Waals surface area contributed by atoms with Gasteiger partial charge in [-0.1, -0.05) is 159 Å². The summed E-state index contributed by atoms with van der Waals surface area (Å²) in [7, 11) is 0. The third-order valence-corrected chi connectivity index (χ3v) is 15.8. The molecule has 59 heavy (non-hydrogen) atoms. The molecule has 0 bridgehead atoms. The lowest BCUT2D eigenvalue weighted by atomic mass is 9.78. The molecule has 0 spiro atoms. The highest BCUT2D eigenvalue weighted by atomic mass is 32.2. The summed E-state index contributed by atoms with van der Waals surface area (Å²) in [5.74, 6) is 0.781. The molecule has 3 aliphatic rings. The molecule has 0 radical (unpaired) electrons. The van der Waals surface area contributed by atoms with Crippen LogP contribution in [0.4, 0.5) is 0 Å². The molecule has 1 aliphatic heterocycles. The Morgan fingerprint density at radius 2 is 1.22 bits per heavy atom. The van der Waals surface area contributed by atoms with E-state index in [4.69, 9.17) is 0 Å². The largest absolute Gasteiger partial charge is 0.135 e. The Hall–Kier alpha value is -6.19. The first-order valence-electron chi connectivity index (χ1n) is 20.9. The fraction of sp³-hybridized carbons (Fsp3) is 0.0877. The van der Waals surface area contributed by atoms with E-state index in [-0.39, 0.29) is 0 Å². The highest BCUT2D eigenvalue weighted by Crippen LogP contribution is 2.55. The quantitative estimate of drug-likeness (QED) is 0.161. The van der Waals surface area contributed by atoms with Crippen LogP contribution in [0.5, 0.6) is 0 Å². The molecule has 1 aromatic heterocycles. The minimum atomic E-state index is 0.387. The third-order valence-electron chi connectivity index (χ3n) is 13.4. The molecule has 13 rings (SSSR count). The van der Waals surface area contributed by atoms with E-state index >= 15 is 0 Å². The highest BCUT2D eigenvalue weighted by molar-refractivity contribution is 8.00. The second kappa shape index (κ2) is 12.9. The normalized spacial score (nSPS) is 18.0. The molecule has 3 unspecified atom stereocenters. The molecular formula is C57H38S2. The molecule has 2 heteroatoms. The summed E-state index contributed by atoms with van der Waals surface area (Å²) in [6.07, 6.45) is 8.30. The van der Waals surface area contributed by atoms with Crippen LogP contribution in [-0.2, 0) is 0 Å². The summed E-state index contributed by atoms with van der Waals surface area (Å²) in [5.41, 5.74) is 13.7. The van der Waals surface area contributed by atoms with Crippen molar-refractivity contribution in [3.63, 3.8) is 0 Å².